The Morgan fingerprint density at radius 2 is 1.73 bits per heavy atom. The summed E-state index contributed by atoms with van der Waals surface area (Å²) < 4.78 is 0. The summed E-state index contributed by atoms with van der Waals surface area (Å²) >= 11 is 0. The van der Waals surface area contributed by atoms with Crippen molar-refractivity contribution in [3.05, 3.63) is 78.4 Å². The topological polar surface area (TPSA) is 69.6 Å². The number of imide groups is 1. The molecule has 3 aromatic rings. The quantitative estimate of drug-likeness (QED) is 0.555. The van der Waals surface area contributed by atoms with Crippen LogP contribution in [0, 0.1) is 0 Å². The van der Waals surface area contributed by atoms with Crippen LogP contribution in [0.3, 0.4) is 0 Å². The lowest BCUT2D eigenvalue weighted by atomic mass is 9.92. The minimum Gasteiger partial charge on any atom is -0.508 e. The van der Waals surface area contributed by atoms with Crippen LogP contribution in [0.2, 0.25) is 0 Å². The fourth-order valence-electron chi connectivity index (χ4n) is 3.30. The van der Waals surface area contributed by atoms with Crippen molar-refractivity contribution in [2.75, 3.05) is 16.8 Å². The molecule has 4 rings (SSSR count). The Labute approximate surface area is 150 Å². The zero-order valence-corrected chi connectivity index (χ0v) is 13.9. The molecule has 1 aliphatic rings. The van der Waals surface area contributed by atoms with Crippen molar-refractivity contribution in [3.8, 4) is 5.75 Å². The van der Waals surface area contributed by atoms with Crippen LogP contribution in [0.25, 0.3) is 10.8 Å². The Balaban J connectivity index is 1.92. The molecule has 0 fully saturated rings. The molecule has 5 nitrogen and oxygen atoms in total. The molecule has 0 aromatic heterocycles. The Morgan fingerprint density at radius 1 is 1.00 bits per heavy atom. The van der Waals surface area contributed by atoms with E-state index in [9.17, 15) is 14.7 Å². The van der Waals surface area contributed by atoms with Crippen molar-refractivity contribution in [2.24, 2.45) is 0 Å². The number of aromatic hydroxyl groups is 1. The van der Waals surface area contributed by atoms with E-state index in [0.29, 0.717) is 28.7 Å². The van der Waals surface area contributed by atoms with Gasteiger partial charge in [-0.15, -0.1) is 6.58 Å². The Kier molecular flexibility index (Phi) is 3.69. The molecule has 1 heterocycles. The largest absolute Gasteiger partial charge is 0.508 e. The summed E-state index contributed by atoms with van der Waals surface area (Å²) in [6.45, 7) is 4.27. The summed E-state index contributed by atoms with van der Waals surface area (Å²) in [4.78, 5) is 27.2. The van der Waals surface area contributed by atoms with Crippen LogP contribution in [0.15, 0.2) is 67.3 Å². The molecule has 0 unspecified atom stereocenters. The van der Waals surface area contributed by atoms with Crippen LogP contribution >= 0.6 is 0 Å². The zero-order valence-electron chi connectivity index (χ0n) is 13.9. The first-order valence-electron chi connectivity index (χ1n) is 8.20. The van der Waals surface area contributed by atoms with Crippen LogP contribution < -0.4 is 10.2 Å². The van der Waals surface area contributed by atoms with E-state index in [1.54, 1.807) is 36.4 Å². The molecule has 2 N–H and O–H groups in total. The van der Waals surface area contributed by atoms with Gasteiger partial charge in [-0.25, -0.2) is 4.90 Å². The van der Waals surface area contributed by atoms with E-state index < -0.39 is 11.8 Å². The Morgan fingerprint density at radius 3 is 2.46 bits per heavy atom. The molecule has 2 amide bonds. The van der Waals surface area contributed by atoms with E-state index in [-0.39, 0.29) is 5.75 Å². The maximum Gasteiger partial charge on any atom is 0.265 e. The molecule has 0 saturated carbocycles. The monoisotopic (exact) mass is 344 g/mol. The normalized spacial score (nSPS) is 13.2. The van der Waals surface area contributed by atoms with Gasteiger partial charge in [0, 0.05) is 40.2 Å². The number of anilines is 2. The average molecular weight is 344 g/mol. The fourth-order valence-corrected chi connectivity index (χ4v) is 3.30. The zero-order chi connectivity index (χ0) is 18.3. The third kappa shape index (κ3) is 2.33. The SMILES string of the molecule is C=CCNc1ccc2c3c(cccc13)C(=O)N(c1cccc(O)c1)C2=O. The number of amides is 2. The number of benzene rings is 3. The Hall–Kier alpha value is -3.60. The standard InChI is InChI=1S/C21H16N2O3/c1-2-11-22-18-10-9-17-19-15(18)7-4-8-16(19)20(25)23(21(17)26)13-5-3-6-14(24)12-13/h2-10,12,22,24H,1,11H2. The van der Waals surface area contributed by atoms with Crippen LogP contribution in [0.5, 0.6) is 5.75 Å². The summed E-state index contributed by atoms with van der Waals surface area (Å²) in [5, 5.41) is 14.4. The third-order valence-corrected chi connectivity index (χ3v) is 4.43. The van der Waals surface area contributed by atoms with Crippen molar-refractivity contribution in [3.63, 3.8) is 0 Å². The lowest BCUT2D eigenvalue weighted by molar-refractivity contribution is 0.0893. The molecular weight excluding hydrogens is 328 g/mol. The minimum atomic E-state index is -0.403. The third-order valence-electron chi connectivity index (χ3n) is 4.43. The summed E-state index contributed by atoms with van der Waals surface area (Å²) in [6, 6.07) is 15.1. The first-order chi connectivity index (χ1) is 12.6. The number of carbonyl (C=O) groups is 2. The fraction of sp³-hybridized carbons (Fsp3) is 0.0476. The number of carbonyl (C=O) groups excluding carboxylic acids is 2. The van der Waals surface area contributed by atoms with Crippen molar-refractivity contribution in [1.82, 2.24) is 0 Å². The highest BCUT2D eigenvalue weighted by Crippen LogP contribution is 2.36. The lowest BCUT2D eigenvalue weighted by Crippen LogP contribution is -2.40. The van der Waals surface area contributed by atoms with Gasteiger partial charge in [0.15, 0.2) is 0 Å². The lowest BCUT2D eigenvalue weighted by Gasteiger charge is -2.28. The predicted molar refractivity (Wildman–Crippen MR) is 102 cm³/mol. The van der Waals surface area contributed by atoms with Gasteiger partial charge < -0.3 is 10.4 Å². The summed E-state index contributed by atoms with van der Waals surface area (Å²) in [7, 11) is 0. The smallest absolute Gasteiger partial charge is 0.265 e. The number of nitrogens with zero attached hydrogens (tertiary/aromatic N) is 1. The number of hydrogen-bond donors (Lipinski definition) is 2. The summed E-state index contributed by atoms with van der Waals surface area (Å²) in [5.41, 5.74) is 2.11. The minimum absolute atomic E-state index is 0.00363. The second kappa shape index (κ2) is 6.04. The van der Waals surface area contributed by atoms with Gasteiger partial charge >= 0.3 is 0 Å². The molecule has 0 bridgehead atoms. The summed E-state index contributed by atoms with van der Waals surface area (Å²) in [5.74, 6) is -0.810. The van der Waals surface area contributed by atoms with Crippen molar-refractivity contribution in [2.45, 2.75) is 0 Å². The molecule has 0 atom stereocenters. The summed E-state index contributed by atoms with van der Waals surface area (Å²) in [6.07, 6.45) is 1.75. The van der Waals surface area contributed by atoms with Gasteiger partial charge in [0.25, 0.3) is 11.8 Å². The van der Waals surface area contributed by atoms with Gasteiger partial charge in [-0.2, -0.15) is 0 Å². The van der Waals surface area contributed by atoms with Gasteiger partial charge in [-0.3, -0.25) is 9.59 Å². The van der Waals surface area contributed by atoms with E-state index in [2.05, 4.69) is 11.9 Å². The molecule has 26 heavy (non-hydrogen) atoms. The first kappa shape index (κ1) is 15.9. The second-order valence-electron chi connectivity index (χ2n) is 6.02. The molecule has 0 saturated heterocycles. The van der Waals surface area contributed by atoms with Crippen LogP contribution in [0.1, 0.15) is 20.7 Å². The average Bonchev–Trinajstić information content (AvgIpc) is 2.65. The molecule has 5 heteroatoms. The molecule has 3 aromatic carbocycles. The second-order valence-corrected chi connectivity index (χ2v) is 6.02. The number of phenolic OH excluding ortho intramolecular Hbond substituents is 1. The van der Waals surface area contributed by atoms with Crippen molar-refractivity contribution >= 4 is 34.0 Å². The Bertz CT molecular complexity index is 1050. The van der Waals surface area contributed by atoms with Crippen LogP contribution in [-0.2, 0) is 0 Å². The van der Waals surface area contributed by atoms with Gasteiger partial charge in [0.05, 0.1) is 5.69 Å². The van der Waals surface area contributed by atoms with Crippen LogP contribution in [-0.4, -0.2) is 23.5 Å². The molecule has 0 radical (unpaired) electrons. The van der Waals surface area contributed by atoms with E-state index in [0.717, 1.165) is 16.0 Å². The van der Waals surface area contributed by atoms with E-state index in [1.165, 1.54) is 12.1 Å². The number of rotatable bonds is 4. The van der Waals surface area contributed by atoms with Gasteiger partial charge in [-0.05, 0) is 30.3 Å². The van der Waals surface area contributed by atoms with Gasteiger partial charge in [0.1, 0.15) is 5.75 Å². The van der Waals surface area contributed by atoms with E-state index >= 15 is 0 Å². The van der Waals surface area contributed by atoms with Crippen molar-refractivity contribution < 1.29 is 14.7 Å². The van der Waals surface area contributed by atoms with Crippen molar-refractivity contribution in [1.29, 1.82) is 0 Å². The van der Waals surface area contributed by atoms with Crippen LogP contribution in [0.4, 0.5) is 11.4 Å². The molecule has 1 aliphatic heterocycles. The highest BCUT2D eigenvalue weighted by atomic mass is 16.3. The molecule has 0 aliphatic carbocycles. The van der Waals surface area contributed by atoms with E-state index in [4.69, 9.17) is 0 Å². The number of hydrogen-bond acceptors (Lipinski definition) is 4. The molecular formula is C21H16N2O3. The first-order valence-corrected chi connectivity index (χ1v) is 8.20. The maximum atomic E-state index is 13.0. The predicted octanol–water partition coefficient (Wildman–Crippen LogP) is 3.94. The van der Waals surface area contributed by atoms with E-state index in [1.807, 2.05) is 12.1 Å². The maximum absolute atomic E-state index is 13.0. The highest BCUT2D eigenvalue weighted by molar-refractivity contribution is 6.36. The molecule has 0 spiro atoms. The molecule has 128 valence electrons. The van der Waals surface area contributed by atoms with Gasteiger partial charge in [0.2, 0.25) is 0 Å². The number of phenols is 1. The number of nitrogens with one attached hydrogen (secondary N) is 1. The highest BCUT2D eigenvalue weighted by Gasteiger charge is 2.34. The van der Waals surface area contributed by atoms with Gasteiger partial charge in [-0.1, -0.05) is 24.3 Å².